The van der Waals surface area contributed by atoms with Gasteiger partial charge in [-0.15, -0.1) is 11.3 Å². The predicted octanol–water partition coefficient (Wildman–Crippen LogP) is 3.41. The van der Waals surface area contributed by atoms with Crippen molar-refractivity contribution in [2.45, 2.75) is 6.92 Å². The van der Waals surface area contributed by atoms with Gasteiger partial charge in [0, 0.05) is 59.0 Å². The molecule has 0 atom stereocenters. The van der Waals surface area contributed by atoms with E-state index in [0.29, 0.717) is 0 Å². The van der Waals surface area contributed by atoms with E-state index >= 15 is 0 Å². The summed E-state index contributed by atoms with van der Waals surface area (Å²) >= 11 is 1.74. The minimum atomic E-state index is 0.798. The quantitative estimate of drug-likeness (QED) is 0.761. The van der Waals surface area contributed by atoms with Crippen molar-refractivity contribution in [3.05, 3.63) is 41.4 Å². The van der Waals surface area contributed by atoms with Crippen molar-refractivity contribution in [3.63, 3.8) is 0 Å². The Bertz CT molecular complexity index is 858. The number of hydrogen-bond donors (Lipinski definition) is 1. The van der Waals surface area contributed by atoms with Crippen LogP contribution in [0, 0.1) is 6.92 Å². The first-order valence-corrected chi connectivity index (χ1v) is 9.54. The fourth-order valence-electron chi connectivity index (χ4n) is 3.10. The molecule has 0 saturated carbocycles. The average molecular weight is 354 g/mol. The number of nitrogens with one attached hydrogen (secondary N) is 1. The van der Waals surface area contributed by atoms with Crippen molar-refractivity contribution in [2.75, 3.05) is 44.7 Å². The number of aryl methyl sites for hydroxylation is 1. The number of benzene rings is 1. The first kappa shape index (κ1) is 16.4. The number of anilines is 1. The summed E-state index contributed by atoms with van der Waals surface area (Å²) in [5.41, 5.74) is 2.09. The van der Waals surface area contributed by atoms with Crippen LogP contribution in [0.1, 0.15) is 5.69 Å². The van der Waals surface area contributed by atoms with Crippen LogP contribution in [0.5, 0.6) is 0 Å². The first-order chi connectivity index (χ1) is 12.3. The van der Waals surface area contributed by atoms with Crippen molar-refractivity contribution in [1.29, 1.82) is 0 Å². The molecular formula is C19H22N4OS. The van der Waals surface area contributed by atoms with Crippen molar-refractivity contribution >= 4 is 27.2 Å². The van der Waals surface area contributed by atoms with Gasteiger partial charge in [-0.3, -0.25) is 4.90 Å². The van der Waals surface area contributed by atoms with Gasteiger partial charge in [0.25, 0.3) is 0 Å². The monoisotopic (exact) mass is 354 g/mol. The fraction of sp³-hybridized carbons (Fsp3) is 0.368. The standard InChI is InChI=1S/C19H22N4OS/c1-14-12-18(20-6-7-23-8-10-24-11-9-23)22-19(21-14)16-13-25-17-5-3-2-4-15(16)17/h2-5,12-13H,6-11H2,1H3,(H,20,21,22). The van der Waals surface area contributed by atoms with Crippen LogP contribution in [-0.2, 0) is 4.74 Å². The molecule has 3 aromatic rings. The SMILES string of the molecule is Cc1cc(NCCN2CCOCC2)nc(-c2csc3ccccc23)n1. The molecule has 1 saturated heterocycles. The van der Waals surface area contributed by atoms with E-state index < -0.39 is 0 Å². The highest BCUT2D eigenvalue weighted by molar-refractivity contribution is 7.17. The Balaban J connectivity index is 1.50. The van der Waals surface area contributed by atoms with Crippen LogP contribution in [0.25, 0.3) is 21.5 Å². The van der Waals surface area contributed by atoms with Gasteiger partial charge in [0.1, 0.15) is 5.82 Å². The maximum absolute atomic E-state index is 5.39. The zero-order valence-electron chi connectivity index (χ0n) is 14.4. The highest BCUT2D eigenvalue weighted by Gasteiger charge is 2.12. The molecule has 0 amide bonds. The Labute approximate surface area is 151 Å². The second kappa shape index (κ2) is 7.47. The molecule has 25 heavy (non-hydrogen) atoms. The van der Waals surface area contributed by atoms with E-state index in [1.165, 1.54) is 10.1 Å². The van der Waals surface area contributed by atoms with Crippen LogP contribution >= 0.6 is 11.3 Å². The molecule has 3 heterocycles. The molecule has 4 rings (SSSR count). The highest BCUT2D eigenvalue weighted by atomic mass is 32.1. The van der Waals surface area contributed by atoms with E-state index in [9.17, 15) is 0 Å². The summed E-state index contributed by atoms with van der Waals surface area (Å²) in [4.78, 5) is 11.8. The molecule has 1 N–H and O–H groups in total. The predicted molar refractivity (Wildman–Crippen MR) is 103 cm³/mol. The van der Waals surface area contributed by atoms with Gasteiger partial charge < -0.3 is 10.1 Å². The van der Waals surface area contributed by atoms with Gasteiger partial charge in [-0.2, -0.15) is 0 Å². The molecule has 1 fully saturated rings. The Morgan fingerprint density at radius 2 is 2.04 bits per heavy atom. The summed E-state index contributed by atoms with van der Waals surface area (Å²) in [5.74, 6) is 1.69. The zero-order valence-corrected chi connectivity index (χ0v) is 15.2. The molecular weight excluding hydrogens is 332 g/mol. The van der Waals surface area contributed by atoms with Gasteiger partial charge in [0.2, 0.25) is 0 Å². The second-order valence-electron chi connectivity index (χ2n) is 6.24. The van der Waals surface area contributed by atoms with Crippen molar-refractivity contribution in [2.24, 2.45) is 0 Å². The summed E-state index contributed by atoms with van der Waals surface area (Å²) in [6, 6.07) is 10.4. The third-order valence-corrected chi connectivity index (χ3v) is 5.38. The van der Waals surface area contributed by atoms with Gasteiger partial charge in [0.15, 0.2) is 5.82 Å². The number of rotatable bonds is 5. The van der Waals surface area contributed by atoms with Crippen LogP contribution < -0.4 is 5.32 Å². The maximum atomic E-state index is 5.39. The Morgan fingerprint density at radius 1 is 1.20 bits per heavy atom. The summed E-state index contributed by atoms with van der Waals surface area (Å²) in [5, 5.41) is 6.82. The number of morpholine rings is 1. The Kier molecular flexibility index (Phi) is 4.92. The third-order valence-electron chi connectivity index (χ3n) is 4.41. The number of thiophene rings is 1. The summed E-state index contributed by atoms with van der Waals surface area (Å²) in [6.45, 7) is 7.59. The molecule has 2 aromatic heterocycles. The third kappa shape index (κ3) is 3.81. The average Bonchev–Trinajstić information content (AvgIpc) is 3.06. The maximum Gasteiger partial charge on any atom is 0.163 e. The highest BCUT2D eigenvalue weighted by Crippen LogP contribution is 2.32. The minimum absolute atomic E-state index is 0.798. The lowest BCUT2D eigenvalue weighted by atomic mass is 10.1. The van der Waals surface area contributed by atoms with E-state index in [2.05, 4.69) is 44.8 Å². The minimum Gasteiger partial charge on any atom is -0.379 e. The molecule has 6 heteroatoms. The lowest BCUT2D eigenvalue weighted by Gasteiger charge is -2.26. The molecule has 1 aliphatic heterocycles. The van der Waals surface area contributed by atoms with Gasteiger partial charge in [0.05, 0.1) is 13.2 Å². The summed E-state index contributed by atoms with van der Waals surface area (Å²) in [7, 11) is 0. The first-order valence-electron chi connectivity index (χ1n) is 8.66. The largest absolute Gasteiger partial charge is 0.379 e. The Morgan fingerprint density at radius 3 is 2.92 bits per heavy atom. The Hall–Kier alpha value is -2.02. The fourth-order valence-corrected chi connectivity index (χ4v) is 4.04. The lowest BCUT2D eigenvalue weighted by molar-refractivity contribution is 0.0398. The molecule has 1 aliphatic rings. The van der Waals surface area contributed by atoms with Crippen LogP contribution in [0.4, 0.5) is 5.82 Å². The van der Waals surface area contributed by atoms with Gasteiger partial charge in [-0.05, 0) is 13.0 Å². The topological polar surface area (TPSA) is 50.3 Å². The summed E-state index contributed by atoms with van der Waals surface area (Å²) in [6.07, 6.45) is 0. The van der Waals surface area contributed by atoms with E-state index in [1.54, 1.807) is 11.3 Å². The van der Waals surface area contributed by atoms with Crippen molar-refractivity contribution in [1.82, 2.24) is 14.9 Å². The number of aromatic nitrogens is 2. The molecule has 5 nitrogen and oxygen atoms in total. The molecule has 0 unspecified atom stereocenters. The van der Waals surface area contributed by atoms with Crippen LogP contribution in [0.15, 0.2) is 35.7 Å². The van der Waals surface area contributed by atoms with Crippen molar-refractivity contribution < 1.29 is 4.74 Å². The van der Waals surface area contributed by atoms with Crippen LogP contribution in [0.2, 0.25) is 0 Å². The number of fused-ring (bicyclic) bond motifs is 1. The van der Waals surface area contributed by atoms with Gasteiger partial charge >= 0.3 is 0 Å². The number of hydrogen-bond acceptors (Lipinski definition) is 6. The second-order valence-corrected chi connectivity index (χ2v) is 7.16. The smallest absolute Gasteiger partial charge is 0.163 e. The summed E-state index contributed by atoms with van der Waals surface area (Å²) < 4.78 is 6.66. The van der Waals surface area contributed by atoms with E-state index in [4.69, 9.17) is 9.72 Å². The van der Waals surface area contributed by atoms with E-state index in [0.717, 1.165) is 62.3 Å². The molecule has 130 valence electrons. The number of nitrogens with zero attached hydrogens (tertiary/aromatic N) is 3. The molecule has 0 spiro atoms. The van der Waals surface area contributed by atoms with Crippen LogP contribution in [-0.4, -0.2) is 54.3 Å². The van der Waals surface area contributed by atoms with Gasteiger partial charge in [-0.25, -0.2) is 9.97 Å². The number of ether oxygens (including phenoxy) is 1. The molecule has 0 bridgehead atoms. The van der Waals surface area contributed by atoms with E-state index in [-0.39, 0.29) is 0 Å². The molecule has 0 aliphatic carbocycles. The van der Waals surface area contributed by atoms with Gasteiger partial charge in [-0.1, -0.05) is 18.2 Å². The van der Waals surface area contributed by atoms with E-state index in [1.807, 2.05) is 13.0 Å². The lowest BCUT2D eigenvalue weighted by Crippen LogP contribution is -2.39. The normalized spacial score (nSPS) is 15.6. The zero-order chi connectivity index (χ0) is 17.1. The van der Waals surface area contributed by atoms with Crippen LogP contribution in [0.3, 0.4) is 0 Å². The molecule has 0 radical (unpaired) electrons. The van der Waals surface area contributed by atoms with Crippen molar-refractivity contribution in [3.8, 4) is 11.4 Å². The molecule has 1 aromatic carbocycles.